The van der Waals surface area contributed by atoms with Crippen LogP contribution in [0.4, 0.5) is 0 Å². The second-order valence-corrected chi connectivity index (χ2v) is 12.9. The van der Waals surface area contributed by atoms with Crippen molar-refractivity contribution < 1.29 is 9.47 Å². The molecule has 0 saturated carbocycles. The summed E-state index contributed by atoms with van der Waals surface area (Å²) >= 11 is 0. The van der Waals surface area contributed by atoms with Gasteiger partial charge in [0.05, 0.1) is 19.3 Å². The van der Waals surface area contributed by atoms with Crippen molar-refractivity contribution in [1.29, 1.82) is 0 Å². The predicted octanol–water partition coefficient (Wildman–Crippen LogP) is 5.07. The molecule has 30 heavy (non-hydrogen) atoms. The summed E-state index contributed by atoms with van der Waals surface area (Å²) in [5, 5.41) is 0. The second-order valence-electron chi connectivity index (χ2n) is 12.9. The van der Waals surface area contributed by atoms with Gasteiger partial charge in [0.2, 0.25) is 0 Å². The zero-order chi connectivity index (χ0) is 22.2. The van der Waals surface area contributed by atoms with Gasteiger partial charge >= 0.3 is 0 Å². The second kappa shape index (κ2) is 9.37. The average molecular weight is 423 g/mol. The van der Waals surface area contributed by atoms with Crippen molar-refractivity contribution in [2.75, 3.05) is 46.5 Å². The smallest absolute Gasteiger partial charge is 0.0594 e. The lowest BCUT2D eigenvalue weighted by molar-refractivity contribution is -0.0593. The Balaban J connectivity index is 1.56. The highest BCUT2D eigenvalue weighted by atomic mass is 16.5. The molecule has 0 spiro atoms. The van der Waals surface area contributed by atoms with E-state index in [2.05, 4.69) is 65.3 Å². The average Bonchev–Trinajstić information content (AvgIpc) is 3.02. The number of morpholine rings is 1. The van der Waals surface area contributed by atoms with Crippen LogP contribution in [0.1, 0.15) is 80.6 Å². The summed E-state index contributed by atoms with van der Waals surface area (Å²) < 4.78 is 11.9. The maximum Gasteiger partial charge on any atom is 0.0594 e. The molecule has 0 radical (unpaired) electrons. The molecule has 0 aromatic heterocycles. The Bertz CT molecular complexity index is 548. The van der Waals surface area contributed by atoms with Crippen LogP contribution in [0, 0.1) is 22.7 Å². The first kappa shape index (κ1) is 24.5. The minimum Gasteiger partial charge on any atom is -0.379 e. The molecule has 3 saturated heterocycles. The van der Waals surface area contributed by atoms with Crippen molar-refractivity contribution in [2.24, 2.45) is 22.7 Å². The molecule has 3 heterocycles. The number of ether oxygens (including phenoxy) is 2. The summed E-state index contributed by atoms with van der Waals surface area (Å²) in [6, 6.07) is 0.682. The first-order valence-electron chi connectivity index (χ1n) is 12.5. The van der Waals surface area contributed by atoms with Gasteiger partial charge in [-0.25, -0.2) is 0 Å². The number of likely N-dealkylation sites (tertiary alicyclic amines) is 1. The van der Waals surface area contributed by atoms with Crippen LogP contribution in [0.2, 0.25) is 0 Å². The molecule has 3 fully saturated rings. The lowest BCUT2D eigenvalue weighted by atomic mass is 9.69. The van der Waals surface area contributed by atoms with Gasteiger partial charge in [0.15, 0.2) is 0 Å². The molecule has 0 amide bonds. The van der Waals surface area contributed by atoms with Crippen LogP contribution in [0.25, 0.3) is 0 Å². The first-order valence-corrected chi connectivity index (χ1v) is 12.5. The van der Waals surface area contributed by atoms with Crippen LogP contribution < -0.4 is 0 Å². The fraction of sp³-hybridized carbons (Fsp3) is 1.00. The Morgan fingerprint density at radius 3 is 2.13 bits per heavy atom. The summed E-state index contributed by atoms with van der Waals surface area (Å²) in [4.78, 5) is 5.29. The molecule has 4 nitrogen and oxygen atoms in total. The minimum atomic E-state index is 0.244. The van der Waals surface area contributed by atoms with E-state index in [0.717, 1.165) is 44.7 Å². The van der Waals surface area contributed by atoms with Crippen LogP contribution in [-0.2, 0) is 9.47 Å². The normalized spacial score (nSPS) is 33.2. The van der Waals surface area contributed by atoms with Crippen molar-refractivity contribution in [3.05, 3.63) is 0 Å². The van der Waals surface area contributed by atoms with Crippen molar-refractivity contribution in [3.8, 4) is 0 Å². The highest BCUT2D eigenvalue weighted by Crippen LogP contribution is 2.45. The van der Waals surface area contributed by atoms with Gasteiger partial charge in [-0.1, -0.05) is 34.6 Å². The summed E-state index contributed by atoms with van der Waals surface area (Å²) in [5.74, 6) is 1.55. The van der Waals surface area contributed by atoms with Gasteiger partial charge in [-0.3, -0.25) is 4.90 Å². The molecule has 3 aliphatic heterocycles. The Kier molecular flexibility index (Phi) is 7.65. The van der Waals surface area contributed by atoms with Gasteiger partial charge in [0, 0.05) is 37.8 Å². The topological polar surface area (TPSA) is 24.9 Å². The molecule has 0 aromatic carbocycles. The molecule has 0 aliphatic carbocycles. The molecule has 3 aliphatic rings. The van der Waals surface area contributed by atoms with Crippen LogP contribution in [0.5, 0.6) is 0 Å². The summed E-state index contributed by atoms with van der Waals surface area (Å²) in [7, 11) is 2.35. The van der Waals surface area contributed by atoms with E-state index in [1.165, 1.54) is 38.6 Å². The summed E-state index contributed by atoms with van der Waals surface area (Å²) in [6.45, 7) is 23.2. The van der Waals surface area contributed by atoms with Crippen LogP contribution in [-0.4, -0.2) is 74.0 Å². The van der Waals surface area contributed by atoms with Crippen LogP contribution >= 0.6 is 0 Å². The monoisotopic (exact) mass is 422 g/mol. The lowest BCUT2D eigenvalue weighted by Gasteiger charge is -2.43. The Hall–Kier alpha value is -0.160. The zero-order valence-corrected chi connectivity index (χ0v) is 21.3. The van der Waals surface area contributed by atoms with Gasteiger partial charge in [-0.2, -0.15) is 0 Å². The van der Waals surface area contributed by atoms with Crippen molar-refractivity contribution in [2.45, 2.75) is 98.3 Å². The maximum absolute atomic E-state index is 6.28. The van der Waals surface area contributed by atoms with Gasteiger partial charge in [-0.15, -0.1) is 0 Å². The van der Waals surface area contributed by atoms with E-state index in [1.54, 1.807) is 0 Å². The van der Waals surface area contributed by atoms with Crippen molar-refractivity contribution in [1.82, 2.24) is 9.80 Å². The fourth-order valence-electron chi connectivity index (χ4n) is 6.32. The van der Waals surface area contributed by atoms with E-state index in [-0.39, 0.29) is 5.54 Å². The third-order valence-electron chi connectivity index (χ3n) is 8.74. The number of rotatable bonds is 6. The third-order valence-corrected chi connectivity index (χ3v) is 8.74. The van der Waals surface area contributed by atoms with E-state index >= 15 is 0 Å². The van der Waals surface area contributed by atoms with Crippen LogP contribution in [0.3, 0.4) is 0 Å². The van der Waals surface area contributed by atoms with Crippen molar-refractivity contribution >= 4 is 0 Å². The van der Waals surface area contributed by atoms with Gasteiger partial charge < -0.3 is 14.4 Å². The quantitative estimate of drug-likeness (QED) is 0.597. The minimum absolute atomic E-state index is 0.244. The predicted molar refractivity (Wildman–Crippen MR) is 126 cm³/mol. The van der Waals surface area contributed by atoms with E-state index in [9.17, 15) is 0 Å². The fourth-order valence-corrected chi connectivity index (χ4v) is 6.32. The van der Waals surface area contributed by atoms with Crippen LogP contribution in [0.15, 0.2) is 0 Å². The first-order chi connectivity index (χ1) is 13.9. The lowest BCUT2D eigenvalue weighted by Crippen LogP contribution is -2.52. The largest absolute Gasteiger partial charge is 0.379 e. The molecule has 176 valence electrons. The van der Waals surface area contributed by atoms with E-state index in [1.807, 2.05) is 0 Å². The molecule has 4 atom stereocenters. The maximum atomic E-state index is 6.28. The molecule has 0 N–H and O–H groups in total. The third kappa shape index (κ3) is 5.99. The number of hydrogen-bond donors (Lipinski definition) is 0. The standard InChI is InChI=1S/C26H50N2O2/c1-24(2,3)20-9-12-30-23(16-20)18-25(4,5)21-15-22(27(8)19-21)17-26(6,7)28-10-13-29-14-11-28/h20-23H,9-19H2,1-8H3. The molecule has 0 bridgehead atoms. The summed E-state index contributed by atoms with van der Waals surface area (Å²) in [6.07, 6.45) is 6.69. The van der Waals surface area contributed by atoms with E-state index in [0.29, 0.717) is 23.0 Å². The molecule has 4 unspecified atom stereocenters. The highest BCUT2D eigenvalue weighted by molar-refractivity contribution is 4.97. The van der Waals surface area contributed by atoms with Gasteiger partial charge in [0.25, 0.3) is 0 Å². The van der Waals surface area contributed by atoms with Gasteiger partial charge in [-0.05, 0) is 75.7 Å². The van der Waals surface area contributed by atoms with Crippen molar-refractivity contribution in [3.63, 3.8) is 0 Å². The van der Waals surface area contributed by atoms with E-state index in [4.69, 9.17) is 9.47 Å². The highest BCUT2D eigenvalue weighted by Gasteiger charge is 2.43. The summed E-state index contributed by atoms with van der Waals surface area (Å²) in [5.41, 5.74) is 0.973. The Morgan fingerprint density at radius 1 is 0.833 bits per heavy atom. The number of nitrogens with zero attached hydrogens (tertiary/aromatic N) is 2. The zero-order valence-electron chi connectivity index (χ0n) is 21.3. The Labute approximate surface area is 187 Å². The molecule has 4 heteroatoms. The molecular formula is C26H50N2O2. The Morgan fingerprint density at radius 2 is 1.50 bits per heavy atom. The molecule has 3 rings (SSSR count). The number of hydrogen-bond acceptors (Lipinski definition) is 4. The van der Waals surface area contributed by atoms with Gasteiger partial charge in [0.1, 0.15) is 0 Å². The SMILES string of the molecule is CN1CC(C(C)(C)CC2CC(C(C)(C)C)CCO2)CC1CC(C)(C)N1CCOCC1. The molecular weight excluding hydrogens is 372 g/mol. The van der Waals surface area contributed by atoms with E-state index < -0.39 is 0 Å². The molecule has 0 aromatic rings.